The lowest BCUT2D eigenvalue weighted by atomic mass is 10.0. The van der Waals surface area contributed by atoms with E-state index in [0.717, 1.165) is 56.5 Å². The predicted molar refractivity (Wildman–Crippen MR) is 132 cm³/mol. The number of hydrogen-bond donors (Lipinski definition) is 1. The van der Waals surface area contributed by atoms with Crippen molar-refractivity contribution < 1.29 is 4.74 Å². The molecule has 3 aromatic rings. The quantitative estimate of drug-likeness (QED) is 0.530. The summed E-state index contributed by atoms with van der Waals surface area (Å²) < 4.78 is 5.46. The molecule has 1 atom stereocenters. The minimum atomic E-state index is 0.289. The van der Waals surface area contributed by atoms with Gasteiger partial charge in [0.1, 0.15) is 11.6 Å². The van der Waals surface area contributed by atoms with Gasteiger partial charge in [0.15, 0.2) is 5.82 Å². The van der Waals surface area contributed by atoms with Gasteiger partial charge in [-0.25, -0.2) is 15.0 Å². The van der Waals surface area contributed by atoms with Crippen molar-refractivity contribution in [2.75, 3.05) is 50.1 Å². The molecule has 4 rings (SSSR count). The fourth-order valence-corrected chi connectivity index (χ4v) is 3.87. The average molecular weight is 448 g/mol. The molecule has 0 amide bonds. The number of aromatic nitrogens is 4. The fourth-order valence-electron chi connectivity index (χ4n) is 3.87. The molecule has 0 saturated carbocycles. The Bertz CT molecular complexity index is 1010. The third-order valence-corrected chi connectivity index (χ3v) is 5.98. The van der Waals surface area contributed by atoms with Gasteiger partial charge >= 0.3 is 0 Å². The Morgan fingerprint density at radius 1 is 0.970 bits per heavy atom. The van der Waals surface area contributed by atoms with E-state index in [2.05, 4.69) is 34.0 Å². The third-order valence-electron chi connectivity index (χ3n) is 5.98. The highest BCUT2D eigenvalue weighted by molar-refractivity contribution is 5.61. The zero-order chi connectivity index (χ0) is 23.0. The van der Waals surface area contributed by atoms with E-state index < -0.39 is 0 Å². The lowest BCUT2D eigenvalue weighted by Crippen LogP contribution is -2.39. The number of ether oxygens (including phenoxy) is 1. The third kappa shape index (κ3) is 6.24. The second kappa shape index (κ2) is 11.2. The molecule has 0 unspecified atom stereocenters. The zero-order valence-electron chi connectivity index (χ0n) is 19.7. The van der Waals surface area contributed by atoms with Gasteiger partial charge in [-0.1, -0.05) is 44.2 Å². The summed E-state index contributed by atoms with van der Waals surface area (Å²) in [5.41, 5.74) is 0.984. The van der Waals surface area contributed by atoms with Crippen molar-refractivity contribution in [3.05, 3.63) is 54.9 Å². The van der Waals surface area contributed by atoms with Gasteiger partial charge in [0.2, 0.25) is 5.95 Å². The van der Waals surface area contributed by atoms with E-state index in [1.807, 2.05) is 54.4 Å². The van der Waals surface area contributed by atoms with Crippen LogP contribution in [0.5, 0.6) is 0 Å². The minimum absolute atomic E-state index is 0.289. The van der Waals surface area contributed by atoms with Gasteiger partial charge in [0, 0.05) is 50.7 Å². The number of anilines is 3. The smallest absolute Gasteiger partial charge is 0.224 e. The number of nitrogens with one attached hydrogen (secondary N) is 1. The Balaban J connectivity index is 1.45. The van der Waals surface area contributed by atoms with Crippen molar-refractivity contribution in [2.45, 2.75) is 26.3 Å². The zero-order valence-corrected chi connectivity index (χ0v) is 19.7. The van der Waals surface area contributed by atoms with E-state index in [4.69, 9.17) is 14.7 Å². The molecule has 1 saturated heterocycles. The number of morpholine rings is 1. The lowest BCUT2D eigenvalue weighted by Gasteiger charge is -2.30. The number of hydrogen-bond acceptors (Lipinski definition) is 8. The average Bonchev–Trinajstić information content (AvgIpc) is 2.87. The van der Waals surface area contributed by atoms with Gasteiger partial charge < -0.3 is 15.0 Å². The summed E-state index contributed by atoms with van der Waals surface area (Å²) in [6.07, 6.45) is 4.61. The lowest BCUT2D eigenvalue weighted by molar-refractivity contribution is 0.0364. The second-order valence-corrected chi connectivity index (χ2v) is 8.64. The van der Waals surface area contributed by atoms with Crippen molar-refractivity contribution in [1.82, 2.24) is 24.8 Å². The highest BCUT2D eigenvalue weighted by Gasteiger charge is 2.18. The molecule has 0 spiro atoms. The van der Waals surface area contributed by atoms with Crippen LogP contribution in [0.3, 0.4) is 0 Å². The van der Waals surface area contributed by atoms with E-state index in [1.54, 1.807) is 12.4 Å². The Kier molecular flexibility index (Phi) is 7.80. The monoisotopic (exact) mass is 447 g/mol. The van der Waals surface area contributed by atoms with Crippen LogP contribution < -0.4 is 10.2 Å². The molecule has 174 valence electrons. The van der Waals surface area contributed by atoms with Crippen LogP contribution in [0.15, 0.2) is 54.9 Å². The van der Waals surface area contributed by atoms with Crippen molar-refractivity contribution in [2.24, 2.45) is 5.92 Å². The predicted octanol–water partition coefficient (Wildman–Crippen LogP) is 3.86. The minimum Gasteiger partial charge on any atom is -0.379 e. The summed E-state index contributed by atoms with van der Waals surface area (Å²) in [6, 6.07) is 14.1. The summed E-state index contributed by atoms with van der Waals surface area (Å²) in [7, 11) is 1.96. The molecule has 1 aliphatic heterocycles. The first-order valence-electron chi connectivity index (χ1n) is 11.6. The van der Waals surface area contributed by atoms with Gasteiger partial charge in [-0.2, -0.15) is 4.98 Å². The fraction of sp³-hybridized carbons (Fsp3) is 0.440. The molecule has 1 aromatic carbocycles. The molecule has 1 aliphatic rings. The topological polar surface area (TPSA) is 79.3 Å². The van der Waals surface area contributed by atoms with Gasteiger partial charge in [-0.3, -0.25) is 4.90 Å². The summed E-state index contributed by atoms with van der Waals surface area (Å²) in [6.45, 7) is 9.18. The highest BCUT2D eigenvalue weighted by atomic mass is 16.5. The maximum atomic E-state index is 5.46. The molecule has 8 heteroatoms. The summed E-state index contributed by atoms with van der Waals surface area (Å²) in [4.78, 5) is 22.8. The molecule has 33 heavy (non-hydrogen) atoms. The van der Waals surface area contributed by atoms with Crippen LogP contribution in [0.4, 0.5) is 17.6 Å². The molecular weight excluding hydrogens is 414 g/mol. The number of benzene rings is 1. The molecule has 1 fully saturated rings. The number of nitrogens with zero attached hydrogens (tertiary/aromatic N) is 6. The van der Waals surface area contributed by atoms with E-state index in [0.29, 0.717) is 17.7 Å². The SMILES string of the molecule is CC(C)[C@H](CCN1CCOCC1)Nc1nccc(N(C)c2ccnc(-c3ccccc3)n2)n1. The Labute approximate surface area is 196 Å². The van der Waals surface area contributed by atoms with Crippen LogP contribution in [0, 0.1) is 5.92 Å². The number of rotatable bonds is 9. The normalized spacial score (nSPS) is 15.4. The maximum absolute atomic E-state index is 5.46. The van der Waals surface area contributed by atoms with Crippen LogP contribution >= 0.6 is 0 Å². The van der Waals surface area contributed by atoms with Crippen molar-refractivity contribution >= 4 is 17.6 Å². The molecule has 0 radical (unpaired) electrons. The molecule has 1 N–H and O–H groups in total. The molecule has 2 aromatic heterocycles. The standard InChI is InChI=1S/C25H33N7O/c1-19(2)21(11-14-32-15-17-33-18-16-32)28-25-27-13-10-23(30-25)31(3)22-9-12-26-24(29-22)20-7-5-4-6-8-20/h4-10,12-13,19,21H,11,14-18H2,1-3H3,(H,27,28,30)/t21-/m0/s1. The van der Waals surface area contributed by atoms with E-state index in [-0.39, 0.29) is 6.04 Å². The summed E-state index contributed by atoms with van der Waals surface area (Å²) in [5.74, 6) is 3.35. The maximum Gasteiger partial charge on any atom is 0.224 e. The van der Waals surface area contributed by atoms with Crippen LogP contribution in [0.2, 0.25) is 0 Å². The van der Waals surface area contributed by atoms with Gasteiger partial charge in [-0.05, 0) is 24.5 Å². The molecule has 3 heterocycles. The van der Waals surface area contributed by atoms with Crippen molar-refractivity contribution in [3.8, 4) is 11.4 Å². The van der Waals surface area contributed by atoms with Crippen LogP contribution in [0.1, 0.15) is 20.3 Å². The van der Waals surface area contributed by atoms with Gasteiger partial charge in [-0.15, -0.1) is 0 Å². The molecule has 0 aliphatic carbocycles. The first kappa shape index (κ1) is 23.1. The first-order valence-corrected chi connectivity index (χ1v) is 11.6. The summed E-state index contributed by atoms with van der Waals surface area (Å²) >= 11 is 0. The molecular formula is C25H33N7O. The van der Waals surface area contributed by atoms with Crippen molar-refractivity contribution in [1.29, 1.82) is 0 Å². The van der Waals surface area contributed by atoms with E-state index in [1.165, 1.54) is 0 Å². The van der Waals surface area contributed by atoms with Crippen LogP contribution in [-0.4, -0.2) is 70.8 Å². The first-order chi connectivity index (χ1) is 16.1. The molecule has 8 nitrogen and oxygen atoms in total. The Morgan fingerprint density at radius 3 is 2.39 bits per heavy atom. The Morgan fingerprint density at radius 2 is 1.67 bits per heavy atom. The van der Waals surface area contributed by atoms with E-state index in [9.17, 15) is 0 Å². The van der Waals surface area contributed by atoms with Crippen LogP contribution in [0.25, 0.3) is 11.4 Å². The Hall–Kier alpha value is -3.10. The van der Waals surface area contributed by atoms with E-state index >= 15 is 0 Å². The van der Waals surface area contributed by atoms with Gasteiger partial charge in [0.05, 0.1) is 13.2 Å². The highest BCUT2D eigenvalue weighted by Crippen LogP contribution is 2.23. The molecule has 0 bridgehead atoms. The van der Waals surface area contributed by atoms with Crippen LogP contribution in [-0.2, 0) is 4.74 Å². The largest absolute Gasteiger partial charge is 0.379 e. The van der Waals surface area contributed by atoms with Crippen molar-refractivity contribution in [3.63, 3.8) is 0 Å². The summed E-state index contributed by atoms with van der Waals surface area (Å²) in [5, 5.41) is 3.56. The van der Waals surface area contributed by atoms with Gasteiger partial charge in [0.25, 0.3) is 0 Å². The second-order valence-electron chi connectivity index (χ2n) is 8.64.